The van der Waals surface area contributed by atoms with Gasteiger partial charge in [-0.3, -0.25) is 14.2 Å². The van der Waals surface area contributed by atoms with Crippen LogP contribution in [0.5, 0.6) is 5.75 Å². The van der Waals surface area contributed by atoms with Crippen molar-refractivity contribution in [3.05, 3.63) is 81.9 Å². The minimum absolute atomic E-state index is 0. The van der Waals surface area contributed by atoms with E-state index in [0.29, 0.717) is 23.6 Å². The number of aromatic nitrogens is 4. The third-order valence-electron chi connectivity index (χ3n) is 6.13. The van der Waals surface area contributed by atoms with Gasteiger partial charge in [0.05, 0.1) is 16.7 Å². The minimum Gasteiger partial charge on any atom is -0.482 e. The first-order valence-electron chi connectivity index (χ1n) is 11.9. The Morgan fingerprint density at radius 1 is 1.15 bits per heavy atom. The molecule has 5 aromatic rings. The van der Waals surface area contributed by atoms with Crippen LogP contribution in [0.3, 0.4) is 0 Å². The summed E-state index contributed by atoms with van der Waals surface area (Å²) < 4.78 is 11.7. The number of carbonyl (C=O) groups excluding carboxylic acids is 2. The van der Waals surface area contributed by atoms with E-state index in [9.17, 15) is 19.2 Å². The Bertz CT molecular complexity index is 1840. The molecule has 15 heteroatoms. The highest BCUT2D eigenvalue weighted by Crippen LogP contribution is 2.28. The minimum atomic E-state index is -1.15. The Labute approximate surface area is 236 Å². The number of rotatable bonds is 5. The fourth-order valence-corrected chi connectivity index (χ4v) is 4.09. The lowest BCUT2D eigenvalue weighted by molar-refractivity contribution is -0.118. The van der Waals surface area contributed by atoms with Crippen LogP contribution < -0.4 is 26.9 Å². The van der Waals surface area contributed by atoms with E-state index in [4.69, 9.17) is 20.0 Å². The number of nitrogens with one attached hydrogen (secondary N) is 3. The Hall–Kier alpha value is -5.21. The number of oxazole rings is 1. The molecular formula is C26H24ClN7O7. The van der Waals surface area contributed by atoms with E-state index in [2.05, 4.69) is 25.6 Å². The van der Waals surface area contributed by atoms with Crippen molar-refractivity contribution in [2.75, 3.05) is 11.9 Å². The number of halogens is 1. The first-order chi connectivity index (χ1) is 19.2. The molecule has 4 heterocycles. The molecule has 3 aromatic heterocycles. The number of nitrogens with two attached hydrogens (primary N) is 1. The molecule has 0 spiro atoms. The summed E-state index contributed by atoms with van der Waals surface area (Å²) in [6.45, 7) is 0.607. The van der Waals surface area contributed by atoms with Gasteiger partial charge in [0.25, 0.3) is 11.8 Å². The number of anilines is 1. The van der Waals surface area contributed by atoms with Crippen molar-refractivity contribution in [2.24, 2.45) is 12.8 Å². The topological polar surface area (TPSA) is 207 Å². The van der Waals surface area contributed by atoms with Crippen molar-refractivity contribution < 1.29 is 28.6 Å². The van der Waals surface area contributed by atoms with Crippen LogP contribution in [-0.2, 0) is 24.9 Å². The Balaban J connectivity index is 0.000000233. The number of aromatic amines is 1. The highest BCUT2D eigenvalue weighted by molar-refractivity contribution is 6.08. The van der Waals surface area contributed by atoms with Crippen LogP contribution in [-0.4, -0.2) is 49.0 Å². The lowest BCUT2D eigenvalue weighted by Crippen LogP contribution is -2.26. The molecule has 0 radical (unpaired) electrons. The van der Waals surface area contributed by atoms with Gasteiger partial charge in [0.2, 0.25) is 0 Å². The quantitative estimate of drug-likeness (QED) is 0.204. The molecule has 14 nitrogen and oxygen atoms in total. The Kier molecular flexibility index (Phi) is 8.35. The van der Waals surface area contributed by atoms with Crippen LogP contribution >= 0.6 is 12.4 Å². The van der Waals surface area contributed by atoms with Gasteiger partial charge in [-0.05, 0) is 35.4 Å². The fourth-order valence-electron chi connectivity index (χ4n) is 4.09. The van der Waals surface area contributed by atoms with Gasteiger partial charge < -0.3 is 35.6 Å². The maximum atomic E-state index is 12.5. The second-order valence-electron chi connectivity index (χ2n) is 8.74. The normalized spacial score (nSPS) is 11.9. The van der Waals surface area contributed by atoms with Gasteiger partial charge in [0, 0.05) is 26.3 Å². The summed E-state index contributed by atoms with van der Waals surface area (Å²) in [6.07, 6.45) is 2.41. The summed E-state index contributed by atoms with van der Waals surface area (Å²) in [5.41, 5.74) is 9.51. The standard InChI is InChI=1S/C17H13N5O5.C9H10N2O2.ClH/c23-12-6-27-11-2-1-8(3-10(11)22-12)4-19-16(24)15-14-13(20-7-21-15)9(5-18-14)17(25)26;1-11-7-3-2-6(5-10)4-8(7)13-9(11)12;/h1-3,5,7,18H,4,6H2,(H,19,24)(H,22,23)(H,25,26);2-4H,5,10H2,1H3;1H. The summed E-state index contributed by atoms with van der Waals surface area (Å²) in [4.78, 5) is 56.8. The van der Waals surface area contributed by atoms with Crippen LogP contribution in [0.1, 0.15) is 32.0 Å². The van der Waals surface area contributed by atoms with Gasteiger partial charge in [0.15, 0.2) is 17.9 Å². The number of hydrogen-bond donors (Lipinski definition) is 5. The molecule has 0 saturated heterocycles. The number of benzene rings is 2. The summed E-state index contributed by atoms with van der Waals surface area (Å²) in [6, 6.07) is 10.7. The molecule has 1 aliphatic heterocycles. The second kappa shape index (κ2) is 11.9. The largest absolute Gasteiger partial charge is 0.482 e. The lowest BCUT2D eigenvalue weighted by atomic mass is 10.1. The van der Waals surface area contributed by atoms with Gasteiger partial charge in [-0.2, -0.15) is 0 Å². The molecular weight excluding hydrogens is 558 g/mol. The zero-order chi connectivity index (χ0) is 28.4. The molecule has 6 N–H and O–H groups in total. The number of hydrogen-bond acceptors (Lipinski definition) is 9. The summed E-state index contributed by atoms with van der Waals surface area (Å²) in [7, 11) is 1.68. The van der Waals surface area contributed by atoms with E-state index in [0.717, 1.165) is 23.0 Å². The molecule has 0 aliphatic carbocycles. The average Bonchev–Trinajstić information content (AvgIpc) is 3.52. The van der Waals surface area contributed by atoms with E-state index in [1.165, 1.54) is 10.8 Å². The van der Waals surface area contributed by atoms with E-state index < -0.39 is 11.9 Å². The van der Waals surface area contributed by atoms with Crippen LogP contribution in [0.2, 0.25) is 0 Å². The third-order valence-corrected chi connectivity index (χ3v) is 6.13. The number of carbonyl (C=O) groups is 3. The van der Waals surface area contributed by atoms with Crippen LogP contribution in [0, 0.1) is 0 Å². The van der Waals surface area contributed by atoms with Crippen molar-refractivity contribution in [1.29, 1.82) is 0 Å². The Morgan fingerprint density at radius 3 is 2.68 bits per heavy atom. The zero-order valence-electron chi connectivity index (χ0n) is 21.5. The van der Waals surface area contributed by atoms with Crippen molar-refractivity contribution in [3.8, 4) is 5.75 Å². The molecule has 2 aromatic carbocycles. The maximum Gasteiger partial charge on any atom is 0.419 e. The molecule has 0 unspecified atom stereocenters. The summed E-state index contributed by atoms with van der Waals surface area (Å²) in [5, 5.41) is 14.6. The summed E-state index contributed by atoms with van der Waals surface area (Å²) in [5.74, 6) is -1.66. The van der Waals surface area contributed by atoms with Gasteiger partial charge in [-0.15, -0.1) is 12.4 Å². The van der Waals surface area contributed by atoms with Crippen LogP contribution in [0.15, 0.2) is 58.1 Å². The molecule has 212 valence electrons. The highest BCUT2D eigenvalue weighted by atomic mass is 35.5. The third kappa shape index (κ3) is 5.88. The number of carboxylic acids is 1. The summed E-state index contributed by atoms with van der Waals surface area (Å²) >= 11 is 0. The highest BCUT2D eigenvalue weighted by Gasteiger charge is 2.20. The van der Waals surface area contributed by atoms with E-state index in [-0.39, 0.29) is 59.5 Å². The number of aromatic carboxylic acids is 1. The average molecular weight is 582 g/mol. The second-order valence-corrected chi connectivity index (χ2v) is 8.74. The number of amides is 2. The van der Waals surface area contributed by atoms with Crippen molar-refractivity contribution in [1.82, 2.24) is 24.8 Å². The first kappa shape index (κ1) is 28.8. The van der Waals surface area contributed by atoms with Gasteiger partial charge in [0.1, 0.15) is 23.2 Å². The number of nitrogens with zero attached hydrogens (tertiary/aromatic N) is 3. The number of ether oxygens (including phenoxy) is 1. The maximum absolute atomic E-state index is 12.5. The predicted molar refractivity (Wildman–Crippen MR) is 149 cm³/mol. The van der Waals surface area contributed by atoms with Gasteiger partial charge >= 0.3 is 11.7 Å². The first-order valence-corrected chi connectivity index (χ1v) is 11.9. The zero-order valence-corrected chi connectivity index (χ0v) is 22.3. The lowest BCUT2D eigenvalue weighted by Gasteiger charge is -2.18. The van der Waals surface area contributed by atoms with Gasteiger partial charge in [-0.1, -0.05) is 12.1 Å². The van der Waals surface area contributed by atoms with E-state index >= 15 is 0 Å². The van der Waals surface area contributed by atoms with E-state index in [1.54, 1.807) is 31.3 Å². The SMILES string of the molecule is Cl.Cn1c(=O)oc2cc(CN)ccc21.O=C1COc2ccc(CNC(=O)c3ncnc4c(C(=O)O)c[nH]c34)cc2N1. The molecule has 41 heavy (non-hydrogen) atoms. The van der Waals surface area contributed by atoms with Crippen LogP contribution in [0.4, 0.5) is 5.69 Å². The molecule has 0 saturated carbocycles. The number of fused-ring (bicyclic) bond motifs is 3. The molecule has 6 rings (SSSR count). The molecule has 0 fully saturated rings. The van der Waals surface area contributed by atoms with Crippen molar-refractivity contribution >= 4 is 58.0 Å². The molecule has 0 atom stereocenters. The number of aryl methyl sites for hydroxylation is 1. The van der Waals surface area contributed by atoms with Gasteiger partial charge in [-0.25, -0.2) is 19.6 Å². The monoisotopic (exact) mass is 581 g/mol. The smallest absolute Gasteiger partial charge is 0.419 e. The van der Waals surface area contributed by atoms with Crippen LogP contribution in [0.25, 0.3) is 22.1 Å². The number of H-pyrrole nitrogens is 1. The molecule has 0 bridgehead atoms. The fraction of sp³-hybridized carbons (Fsp3) is 0.154. The predicted octanol–water partition coefficient (Wildman–Crippen LogP) is 1.93. The molecule has 1 aliphatic rings. The number of carboxylic acid groups (broad SMARTS) is 1. The van der Waals surface area contributed by atoms with Crippen molar-refractivity contribution in [2.45, 2.75) is 13.1 Å². The van der Waals surface area contributed by atoms with Crippen molar-refractivity contribution in [3.63, 3.8) is 0 Å². The molecule has 2 amide bonds. The Morgan fingerprint density at radius 2 is 1.93 bits per heavy atom. The van der Waals surface area contributed by atoms with E-state index in [1.807, 2.05) is 12.1 Å².